The van der Waals surface area contributed by atoms with Gasteiger partial charge in [0.05, 0.1) is 23.3 Å². The lowest BCUT2D eigenvalue weighted by Gasteiger charge is -2.22. The summed E-state index contributed by atoms with van der Waals surface area (Å²) in [6, 6.07) is 5.77. The van der Waals surface area contributed by atoms with Crippen molar-refractivity contribution in [3.05, 3.63) is 24.4 Å². The summed E-state index contributed by atoms with van der Waals surface area (Å²) < 4.78 is 0. The van der Waals surface area contributed by atoms with Crippen molar-refractivity contribution in [3.8, 4) is 0 Å². The molecule has 0 radical (unpaired) electrons. The Kier molecular flexibility index (Phi) is 2.98. The summed E-state index contributed by atoms with van der Waals surface area (Å²) >= 11 is 0. The first kappa shape index (κ1) is 11.2. The van der Waals surface area contributed by atoms with Crippen LogP contribution in [0, 0.1) is 5.92 Å². The van der Waals surface area contributed by atoms with E-state index in [1.807, 2.05) is 18.2 Å². The Morgan fingerprint density at radius 2 is 2.39 bits per heavy atom. The zero-order valence-corrected chi connectivity index (χ0v) is 10.1. The van der Waals surface area contributed by atoms with Crippen LogP contribution in [0.5, 0.6) is 0 Å². The smallest absolute Gasteiger partial charge is 0.228 e. The maximum absolute atomic E-state index is 12.2. The Morgan fingerprint density at radius 3 is 3.22 bits per heavy atom. The van der Waals surface area contributed by atoms with Crippen LogP contribution in [0.25, 0.3) is 10.9 Å². The highest BCUT2D eigenvalue weighted by atomic mass is 16.1. The molecule has 0 unspecified atom stereocenters. The number of nitrogens with zero attached hydrogens (tertiary/aromatic N) is 1. The molecule has 1 saturated heterocycles. The number of hydrogen-bond donors (Lipinski definition) is 3. The first-order chi connectivity index (χ1) is 8.84. The second kappa shape index (κ2) is 4.78. The maximum Gasteiger partial charge on any atom is 0.228 e. The summed E-state index contributed by atoms with van der Waals surface area (Å²) in [6.07, 6.45) is 3.76. The van der Waals surface area contributed by atoms with Gasteiger partial charge < -0.3 is 10.6 Å². The Labute approximate surface area is 105 Å². The van der Waals surface area contributed by atoms with Gasteiger partial charge in [0.25, 0.3) is 0 Å². The fourth-order valence-electron chi connectivity index (χ4n) is 2.39. The molecule has 0 saturated carbocycles. The summed E-state index contributed by atoms with van der Waals surface area (Å²) in [7, 11) is 0. The molecule has 1 aliphatic heterocycles. The zero-order chi connectivity index (χ0) is 12.4. The predicted octanol–water partition coefficient (Wildman–Crippen LogP) is 1.50. The van der Waals surface area contributed by atoms with E-state index in [0.717, 1.165) is 42.5 Å². The van der Waals surface area contributed by atoms with Crippen LogP contribution >= 0.6 is 0 Å². The minimum absolute atomic E-state index is 0.0703. The lowest BCUT2D eigenvalue weighted by molar-refractivity contribution is -0.120. The molecule has 2 heterocycles. The van der Waals surface area contributed by atoms with Gasteiger partial charge in [0, 0.05) is 11.9 Å². The first-order valence-electron chi connectivity index (χ1n) is 6.28. The van der Waals surface area contributed by atoms with Gasteiger partial charge >= 0.3 is 0 Å². The SMILES string of the molecule is O=C(Nc1cccc2[nH]ncc12)[C@@H]1CCCNC1. The van der Waals surface area contributed by atoms with E-state index in [9.17, 15) is 4.79 Å². The number of anilines is 1. The number of aromatic amines is 1. The van der Waals surface area contributed by atoms with Crippen LogP contribution in [-0.4, -0.2) is 29.2 Å². The third-order valence-electron chi connectivity index (χ3n) is 3.41. The van der Waals surface area contributed by atoms with Gasteiger partial charge in [-0.2, -0.15) is 5.10 Å². The van der Waals surface area contributed by atoms with Gasteiger partial charge in [0.1, 0.15) is 0 Å². The predicted molar refractivity (Wildman–Crippen MR) is 70.3 cm³/mol. The molecule has 94 valence electrons. The Bertz CT molecular complexity index is 557. The number of hydrogen-bond acceptors (Lipinski definition) is 3. The number of amides is 1. The molecule has 1 aliphatic rings. The highest BCUT2D eigenvalue weighted by molar-refractivity contribution is 6.01. The van der Waals surface area contributed by atoms with Crippen molar-refractivity contribution in [2.75, 3.05) is 18.4 Å². The Balaban J connectivity index is 1.79. The zero-order valence-electron chi connectivity index (χ0n) is 10.1. The molecule has 1 aromatic carbocycles. The largest absolute Gasteiger partial charge is 0.325 e. The lowest BCUT2D eigenvalue weighted by atomic mass is 9.98. The van der Waals surface area contributed by atoms with E-state index in [-0.39, 0.29) is 11.8 Å². The molecule has 18 heavy (non-hydrogen) atoms. The van der Waals surface area contributed by atoms with Gasteiger partial charge in [-0.3, -0.25) is 9.89 Å². The van der Waals surface area contributed by atoms with Crippen LogP contribution in [0.15, 0.2) is 24.4 Å². The second-order valence-corrected chi connectivity index (χ2v) is 4.67. The fraction of sp³-hybridized carbons (Fsp3) is 0.385. The van der Waals surface area contributed by atoms with Crippen molar-refractivity contribution in [1.82, 2.24) is 15.5 Å². The molecule has 5 nitrogen and oxygen atoms in total. The molecular formula is C13H16N4O. The van der Waals surface area contributed by atoms with Gasteiger partial charge in [-0.05, 0) is 31.5 Å². The van der Waals surface area contributed by atoms with Crippen LogP contribution in [-0.2, 0) is 4.79 Å². The lowest BCUT2D eigenvalue weighted by Crippen LogP contribution is -2.37. The van der Waals surface area contributed by atoms with E-state index in [0.29, 0.717) is 0 Å². The summed E-state index contributed by atoms with van der Waals surface area (Å²) in [5.41, 5.74) is 1.77. The first-order valence-corrected chi connectivity index (χ1v) is 6.28. The summed E-state index contributed by atoms with van der Waals surface area (Å²) in [6.45, 7) is 1.79. The molecule has 5 heteroatoms. The normalized spacial score (nSPS) is 19.9. The van der Waals surface area contributed by atoms with E-state index in [1.54, 1.807) is 6.20 Å². The van der Waals surface area contributed by atoms with Crippen LogP contribution in [0.1, 0.15) is 12.8 Å². The topological polar surface area (TPSA) is 69.8 Å². The monoisotopic (exact) mass is 244 g/mol. The molecule has 1 amide bonds. The molecule has 0 aliphatic carbocycles. The van der Waals surface area contributed by atoms with Gasteiger partial charge in [0.2, 0.25) is 5.91 Å². The Morgan fingerprint density at radius 1 is 1.44 bits per heavy atom. The number of fused-ring (bicyclic) bond motifs is 1. The van der Waals surface area contributed by atoms with Crippen molar-refractivity contribution < 1.29 is 4.79 Å². The minimum Gasteiger partial charge on any atom is -0.325 e. The number of piperidine rings is 1. The van der Waals surface area contributed by atoms with E-state index < -0.39 is 0 Å². The van der Waals surface area contributed by atoms with Crippen LogP contribution in [0.2, 0.25) is 0 Å². The van der Waals surface area contributed by atoms with E-state index >= 15 is 0 Å². The highest BCUT2D eigenvalue weighted by Gasteiger charge is 2.21. The Hall–Kier alpha value is -1.88. The maximum atomic E-state index is 12.2. The van der Waals surface area contributed by atoms with Crippen LogP contribution in [0.3, 0.4) is 0 Å². The summed E-state index contributed by atoms with van der Waals surface area (Å²) in [5.74, 6) is 0.164. The van der Waals surface area contributed by atoms with Crippen molar-refractivity contribution >= 4 is 22.5 Å². The number of rotatable bonds is 2. The molecule has 3 rings (SSSR count). The molecule has 0 bridgehead atoms. The number of benzene rings is 1. The van der Waals surface area contributed by atoms with Gasteiger partial charge in [-0.15, -0.1) is 0 Å². The highest BCUT2D eigenvalue weighted by Crippen LogP contribution is 2.22. The van der Waals surface area contributed by atoms with Crippen LogP contribution < -0.4 is 10.6 Å². The summed E-state index contributed by atoms with van der Waals surface area (Å²) in [4.78, 5) is 12.2. The van der Waals surface area contributed by atoms with Crippen molar-refractivity contribution in [3.63, 3.8) is 0 Å². The van der Waals surface area contributed by atoms with Gasteiger partial charge in [-0.25, -0.2) is 0 Å². The third kappa shape index (κ3) is 2.09. The fourth-order valence-corrected chi connectivity index (χ4v) is 2.39. The minimum atomic E-state index is 0.0703. The number of carbonyl (C=O) groups excluding carboxylic acids is 1. The molecule has 0 spiro atoms. The standard InChI is InChI=1S/C13H16N4O/c18-13(9-3-2-6-14-7-9)16-11-4-1-5-12-10(11)8-15-17-12/h1,4-5,8-9,14H,2-3,6-7H2,(H,15,17)(H,16,18)/t9-/m1/s1. The average Bonchev–Trinajstić information content (AvgIpc) is 2.89. The molecule has 1 fully saturated rings. The van der Waals surface area contributed by atoms with E-state index in [2.05, 4.69) is 20.8 Å². The molecule has 1 atom stereocenters. The summed E-state index contributed by atoms with van der Waals surface area (Å²) in [5, 5.41) is 14.1. The number of nitrogens with one attached hydrogen (secondary N) is 3. The van der Waals surface area contributed by atoms with Crippen molar-refractivity contribution in [1.29, 1.82) is 0 Å². The number of aromatic nitrogens is 2. The average molecular weight is 244 g/mol. The van der Waals surface area contributed by atoms with Gasteiger partial charge in [-0.1, -0.05) is 6.07 Å². The number of H-pyrrole nitrogens is 1. The molecule has 3 N–H and O–H groups in total. The third-order valence-corrected chi connectivity index (χ3v) is 3.41. The second-order valence-electron chi connectivity index (χ2n) is 4.67. The van der Waals surface area contributed by atoms with Crippen LogP contribution in [0.4, 0.5) is 5.69 Å². The van der Waals surface area contributed by atoms with Crippen molar-refractivity contribution in [2.24, 2.45) is 5.92 Å². The number of carbonyl (C=O) groups is 1. The molecule has 2 aromatic rings. The molecular weight excluding hydrogens is 228 g/mol. The quantitative estimate of drug-likeness (QED) is 0.749. The van der Waals surface area contributed by atoms with E-state index in [4.69, 9.17) is 0 Å². The van der Waals surface area contributed by atoms with Gasteiger partial charge in [0.15, 0.2) is 0 Å². The van der Waals surface area contributed by atoms with E-state index in [1.165, 1.54) is 0 Å². The van der Waals surface area contributed by atoms with Crippen molar-refractivity contribution in [2.45, 2.75) is 12.8 Å². The molecule has 1 aromatic heterocycles.